The average molecular weight is 237 g/mol. The van der Waals surface area contributed by atoms with E-state index in [9.17, 15) is 0 Å². The molecule has 0 saturated heterocycles. The van der Waals surface area contributed by atoms with Gasteiger partial charge in [-0.3, -0.25) is 0 Å². The van der Waals surface area contributed by atoms with Crippen LogP contribution in [0, 0.1) is 0 Å². The number of methoxy groups -OCH3 is 1. The van der Waals surface area contributed by atoms with Crippen molar-refractivity contribution in [1.29, 1.82) is 0 Å². The van der Waals surface area contributed by atoms with E-state index in [1.54, 1.807) is 7.11 Å². The molecule has 0 aliphatic carbocycles. The van der Waals surface area contributed by atoms with E-state index in [0.29, 0.717) is 6.61 Å². The average Bonchev–Trinajstić information content (AvgIpc) is 2.39. The van der Waals surface area contributed by atoms with Crippen molar-refractivity contribution in [2.45, 2.75) is 31.9 Å². The van der Waals surface area contributed by atoms with Crippen LogP contribution in [0.5, 0.6) is 0 Å². The lowest BCUT2D eigenvalue weighted by molar-refractivity contribution is 0.0217. The predicted molar refractivity (Wildman–Crippen MR) is 69.9 cm³/mol. The summed E-state index contributed by atoms with van der Waals surface area (Å²) in [5, 5.41) is 0. The first-order chi connectivity index (χ1) is 8.29. The fourth-order valence-corrected chi connectivity index (χ4v) is 1.80. The first kappa shape index (κ1) is 14.2. The third-order valence-electron chi connectivity index (χ3n) is 2.81. The molecule has 2 atom stereocenters. The highest BCUT2D eigenvalue weighted by Gasteiger charge is 2.17. The van der Waals surface area contributed by atoms with E-state index < -0.39 is 0 Å². The Morgan fingerprint density at radius 1 is 1.18 bits per heavy atom. The molecule has 1 rings (SSSR count). The maximum absolute atomic E-state index is 6.21. The molecular formula is C14H23NO2. The second kappa shape index (κ2) is 8.23. The van der Waals surface area contributed by atoms with Gasteiger partial charge in [0.2, 0.25) is 0 Å². The Bertz CT molecular complexity index is 290. The quantitative estimate of drug-likeness (QED) is 0.707. The van der Waals surface area contributed by atoms with Crippen molar-refractivity contribution in [3.05, 3.63) is 35.9 Å². The van der Waals surface area contributed by atoms with E-state index in [-0.39, 0.29) is 12.1 Å². The molecule has 0 aliphatic heterocycles. The van der Waals surface area contributed by atoms with Gasteiger partial charge in [-0.1, -0.05) is 37.3 Å². The lowest BCUT2D eigenvalue weighted by atomic mass is 10.0. The highest BCUT2D eigenvalue weighted by molar-refractivity contribution is 5.19. The molecule has 0 radical (unpaired) electrons. The topological polar surface area (TPSA) is 44.5 Å². The van der Waals surface area contributed by atoms with Gasteiger partial charge in [0.1, 0.15) is 0 Å². The number of benzene rings is 1. The zero-order valence-corrected chi connectivity index (χ0v) is 10.8. The van der Waals surface area contributed by atoms with Crippen molar-refractivity contribution in [2.24, 2.45) is 5.73 Å². The molecule has 0 aliphatic rings. The molecule has 1 aromatic carbocycles. The van der Waals surface area contributed by atoms with Gasteiger partial charge in [0.05, 0.1) is 12.1 Å². The molecule has 0 heterocycles. The van der Waals surface area contributed by atoms with Crippen molar-refractivity contribution < 1.29 is 9.47 Å². The molecule has 3 heteroatoms. The van der Waals surface area contributed by atoms with E-state index in [2.05, 4.69) is 6.92 Å². The zero-order chi connectivity index (χ0) is 12.5. The normalized spacial score (nSPS) is 14.5. The Kier molecular flexibility index (Phi) is 6.86. The molecule has 17 heavy (non-hydrogen) atoms. The third-order valence-corrected chi connectivity index (χ3v) is 2.81. The Hall–Kier alpha value is -0.900. The van der Waals surface area contributed by atoms with Gasteiger partial charge in [-0.25, -0.2) is 0 Å². The Morgan fingerprint density at radius 3 is 2.47 bits per heavy atom. The number of nitrogens with two attached hydrogens (primary N) is 1. The molecule has 0 spiro atoms. The van der Waals surface area contributed by atoms with Crippen molar-refractivity contribution in [2.75, 3.05) is 20.3 Å². The minimum atomic E-state index is -0.0521. The first-order valence-electron chi connectivity index (χ1n) is 6.20. The Morgan fingerprint density at radius 2 is 1.88 bits per heavy atom. The molecule has 0 aromatic heterocycles. The summed E-state index contributed by atoms with van der Waals surface area (Å²) in [7, 11) is 1.70. The highest BCUT2D eigenvalue weighted by atomic mass is 16.5. The number of ether oxygens (including phenoxy) is 2. The molecule has 96 valence electrons. The lowest BCUT2D eigenvalue weighted by Gasteiger charge is -2.23. The van der Waals surface area contributed by atoms with Gasteiger partial charge in [0.15, 0.2) is 0 Å². The molecule has 0 bridgehead atoms. The molecule has 2 unspecified atom stereocenters. The summed E-state index contributed by atoms with van der Waals surface area (Å²) in [5.74, 6) is 0. The van der Waals surface area contributed by atoms with Crippen LogP contribution < -0.4 is 5.73 Å². The molecule has 0 amide bonds. The van der Waals surface area contributed by atoms with E-state index in [1.807, 2.05) is 30.3 Å². The van der Waals surface area contributed by atoms with Crippen LogP contribution in [-0.2, 0) is 9.47 Å². The smallest absolute Gasteiger partial charge is 0.0765 e. The predicted octanol–water partition coefficient (Wildman–Crippen LogP) is 2.52. The van der Waals surface area contributed by atoms with Crippen LogP contribution in [0.15, 0.2) is 30.3 Å². The summed E-state index contributed by atoms with van der Waals surface area (Å²) in [6, 6.07) is 10.1. The van der Waals surface area contributed by atoms with Crippen molar-refractivity contribution >= 4 is 0 Å². The third kappa shape index (κ3) is 4.86. The minimum absolute atomic E-state index is 0.0521. The van der Waals surface area contributed by atoms with Crippen molar-refractivity contribution in [1.82, 2.24) is 0 Å². The minimum Gasteiger partial charge on any atom is -0.385 e. The standard InChI is InChI=1S/C14H23NO2/c1-3-13(17-11-7-10-16-2)14(15)12-8-5-4-6-9-12/h4-6,8-9,13-14H,3,7,10-11,15H2,1-2H3. The highest BCUT2D eigenvalue weighted by Crippen LogP contribution is 2.18. The van der Waals surface area contributed by atoms with E-state index in [1.165, 1.54) is 0 Å². The fourth-order valence-electron chi connectivity index (χ4n) is 1.80. The van der Waals surface area contributed by atoms with Crippen LogP contribution in [0.4, 0.5) is 0 Å². The maximum atomic E-state index is 6.21. The van der Waals surface area contributed by atoms with Crippen LogP contribution in [0.3, 0.4) is 0 Å². The summed E-state index contributed by atoms with van der Waals surface area (Å²) in [6.45, 7) is 3.54. The second-order valence-corrected chi connectivity index (χ2v) is 4.10. The van der Waals surface area contributed by atoms with E-state index >= 15 is 0 Å². The Labute approximate surface area is 104 Å². The zero-order valence-electron chi connectivity index (χ0n) is 10.8. The molecule has 0 fully saturated rings. The Balaban J connectivity index is 2.44. The van der Waals surface area contributed by atoms with Gasteiger partial charge in [0.25, 0.3) is 0 Å². The lowest BCUT2D eigenvalue weighted by Crippen LogP contribution is -2.29. The maximum Gasteiger partial charge on any atom is 0.0765 e. The summed E-state index contributed by atoms with van der Waals surface area (Å²) in [6.07, 6.45) is 1.91. The van der Waals surface area contributed by atoms with E-state index in [4.69, 9.17) is 15.2 Å². The number of hydrogen-bond donors (Lipinski definition) is 1. The van der Waals surface area contributed by atoms with Crippen molar-refractivity contribution in [3.63, 3.8) is 0 Å². The van der Waals surface area contributed by atoms with Crippen LogP contribution in [0.2, 0.25) is 0 Å². The summed E-state index contributed by atoms with van der Waals surface area (Å²) >= 11 is 0. The van der Waals surface area contributed by atoms with Crippen molar-refractivity contribution in [3.8, 4) is 0 Å². The second-order valence-electron chi connectivity index (χ2n) is 4.10. The fraction of sp³-hybridized carbons (Fsp3) is 0.571. The summed E-state index contributed by atoms with van der Waals surface area (Å²) < 4.78 is 10.8. The molecular weight excluding hydrogens is 214 g/mol. The van der Waals surface area contributed by atoms with Gasteiger partial charge in [-0.2, -0.15) is 0 Å². The van der Waals surface area contributed by atoms with Gasteiger partial charge < -0.3 is 15.2 Å². The van der Waals surface area contributed by atoms with Gasteiger partial charge in [-0.05, 0) is 18.4 Å². The summed E-state index contributed by atoms with van der Waals surface area (Å²) in [4.78, 5) is 0. The molecule has 2 N–H and O–H groups in total. The summed E-state index contributed by atoms with van der Waals surface area (Å²) in [5.41, 5.74) is 7.34. The van der Waals surface area contributed by atoms with Crippen LogP contribution in [-0.4, -0.2) is 26.4 Å². The molecule has 1 aromatic rings. The number of hydrogen-bond acceptors (Lipinski definition) is 3. The molecule has 3 nitrogen and oxygen atoms in total. The number of rotatable bonds is 8. The molecule has 0 saturated carbocycles. The van der Waals surface area contributed by atoms with E-state index in [0.717, 1.165) is 25.0 Å². The van der Waals surface area contributed by atoms with Crippen LogP contribution in [0.25, 0.3) is 0 Å². The first-order valence-corrected chi connectivity index (χ1v) is 6.20. The van der Waals surface area contributed by atoms with Crippen LogP contribution in [0.1, 0.15) is 31.4 Å². The largest absolute Gasteiger partial charge is 0.385 e. The SMILES string of the molecule is CCC(OCCCOC)C(N)c1ccccc1. The van der Waals surface area contributed by atoms with Gasteiger partial charge >= 0.3 is 0 Å². The van der Waals surface area contributed by atoms with Gasteiger partial charge in [0, 0.05) is 20.3 Å². The van der Waals surface area contributed by atoms with Crippen LogP contribution >= 0.6 is 0 Å². The van der Waals surface area contributed by atoms with Gasteiger partial charge in [-0.15, -0.1) is 0 Å². The monoisotopic (exact) mass is 237 g/mol.